The number of carbonyl (C=O) groups is 2. The molecular formula is C9H11ClNNaO4. The molecule has 0 aliphatic carbocycles. The smallest absolute Gasteiger partial charge is 0.547 e. The van der Waals surface area contributed by atoms with Crippen LogP contribution in [0.4, 0.5) is 0 Å². The van der Waals surface area contributed by atoms with Gasteiger partial charge < -0.3 is 20.0 Å². The molecule has 2 unspecified atom stereocenters. The molecule has 0 spiro atoms. The maximum Gasteiger partial charge on any atom is 1.00 e. The van der Waals surface area contributed by atoms with E-state index >= 15 is 0 Å². The van der Waals surface area contributed by atoms with E-state index in [1.165, 1.54) is 5.54 Å². The van der Waals surface area contributed by atoms with Crippen LogP contribution in [-0.4, -0.2) is 30.6 Å². The summed E-state index contributed by atoms with van der Waals surface area (Å²) >= 11 is 5.26. The molecule has 16 heavy (non-hydrogen) atoms. The maximum atomic E-state index is 11.4. The predicted molar refractivity (Wildman–Crippen MR) is 50.9 cm³/mol. The van der Waals surface area contributed by atoms with E-state index in [-0.39, 0.29) is 35.5 Å². The molecule has 0 aromatic rings. The first-order valence-corrected chi connectivity index (χ1v) is 4.98. The number of halogens is 1. The third-order valence-corrected chi connectivity index (χ3v) is 2.24. The fraction of sp³-hybridized carbons (Fsp3) is 0.556. The molecule has 1 rings (SSSR count). The third kappa shape index (κ3) is 4.84. The second kappa shape index (κ2) is 8.08. The summed E-state index contributed by atoms with van der Waals surface area (Å²) < 4.78 is 4.98. The molecule has 1 aliphatic heterocycles. The quantitative estimate of drug-likeness (QED) is 0.522. The van der Waals surface area contributed by atoms with Crippen molar-refractivity contribution in [3.8, 4) is 0 Å². The van der Waals surface area contributed by atoms with E-state index in [4.69, 9.17) is 16.3 Å². The number of hydrogen-bond donors (Lipinski definition) is 1. The number of nitrogens with one attached hydrogen (secondary N) is 1. The molecule has 1 heterocycles. The molecule has 1 fully saturated rings. The topological polar surface area (TPSA) is 78.5 Å². The van der Waals surface area contributed by atoms with Crippen LogP contribution in [0.5, 0.6) is 0 Å². The number of amides is 1. The van der Waals surface area contributed by atoms with Crippen molar-refractivity contribution in [2.75, 3.05) is 6.54 Å². The van der Waals surface area contributed by atoms with E-state index in [9.17, 15) is 14.7 Å². The first-order chi connectivity index (χ1) is 7.15. The van der Waals surface area contributed by atoms with Crippen LogP contribution in [0.3, 0.4) is 0 Å². The van der Waals surface area contributed by atoms with Crippen LogP contribution >= 0.6 is 11.6 Å². The van der Waals surface area contributed by atoms with Crippen molar-refractivity contribution in [2.24, 2.45) is 0 Å². The Hall–Kier alpha value is -0.0700. The van der Waals surface area contributed by atoms with E-state index in [0.717, 1.165) is 0 Å². The van der Waals surface area contributed by atoms with E-state index in [2.05, 4.69) is 5.32 Å². The van der Waals surface area contributed by atoms with Gasteiger partial charge in [0, 0.05) is 12.1 Å². The Kier molecular flexibility index (Phi) is 8.05. The molecular weight excluding hydrogens is 245 g/mol. The molecule has 0 radical (unpaired) electrons. The number of hydrogen-bond acceptors (Lipinski definition) is 4. The standard InChI is InChI=1S/C9H12ClNO4.Na/c10-4-1-5-11-8(12)6-2-3-7(15-6)9(13)14;/h1,4,6-7H,2-3,5H2,(H,11,12)(H,13,14);/q;+1/p-1/b4-1+;. The van der Waals surface area contributed by atoms with Crippen molar-refractivity contribution in [2.45, 2.75) is 25.0 Å². The van der Waals surface area contributed by atoms with Crippen LogP contribution < -0.4 is 40.0 Å². The first-order valence-electron chi connectivity index (χ1n) is 4.54. The molecule has 1 saturated heterocycles. The van der Waals surface area contributed by atoms with Crippen LogP contribution in [0.2, 0.25) is 0 Å². The van der Waals surface area contributed by atoms with Gasteiger partial charge in [-0.15, -0.1) is 0 Å². The van der Waals surface area contributed by atoms with E-state index < -0.39 is 18.2 Å². The molecule has 2 atom stereocenters. The summed E-state index contributed by atoms with van der Waals surface area (Å²) in [5.74, 6) is -1.60. The number of aliphatic carboxylic acids is 1. The fourth-order valence-electron chi connectivity index (χ4n) is 1.32. The average molecular weight is 256 g/mol. The van der Waals surface area contributed by atoms with Gasteiger partial charge in [-0.1, -0.05) is 17.7 Å². The monoisotopic (exact) mass is 255 g/mol. The second-order valence-electron chi connectivity index (χ2n) is 3.12. The fourth-order valence-corrected chi connectivity index (χ4v) is 1.41. The Morgan fingerprint density at radius 1 is 1.44 bits per heavy atom. The van der Waals surface area contributed by atoms with E-state index in [1.54, 1.807) is 6.08 Å². The molecule has 84 valence electrons. The van der Waals surface area contributed by atoms with Crippen molar-refractivity contribution in [3.05, 3.63) is 11.6 Å². The summed E-state index contributed by atoms with van der Waals surface area (Å²) in [7, 11) is 0. The first kappa shape index (κ1) is 15.9. The number of rotatable bonds is 4. The molecule has 5 nitrogen and oxygen atoms in total. The van der Waals surface area contributed by atoms with Crippen LogP contribution in [0.25, 0.3) is 0 Å². The van der Waals surface area contributed by atoms with Gasteiger partial charge in [0.15, 0.2) is 0 Å². The zero-order valence-electron chi connectivity index (χ0n) is 8.94. The third-order valence-electron chi connectivity index (χ3n) is 2.06. The van der Waals surface area contributed by atoms with Crippen molar-refractivity contribution in [1.82, 2.24) is 5.32 Å². The van der Waals surface area contributed by atoms with Gasteiger partial charge in [0.25, 0.3) is 0 Å². The molecule has 1 aliphatic rings. The minimum Gasteiger partial charge on any atom is -0.547 e. The molecule has 0 bridgehead atoms. The average Bonchev–Trinajstić information content (AvgIpc) is 2.66. The summed E-state index contributed by atoms with van der Waals surface area (Å²) in [5.41, 5.74) is 1.29. The number of carboxylic acid groups (broad SMARTS) is 1. The van der Waals surface area contributed by atoms with E-state index in [0.29, 0.717) is 19.4 Å². The Labute approximate surface area is 120 Å². The summed E-state index contributed by atoms with van der Waals surface area (Å²) in [6.07, 6.45) is 0.604. The summed E-state index contributed by atoms with van der Waals surface area (Å²) in [4.78, 5) is 21.8. The van der Waals surface area contributed by atoms with Crippen LogP contribution in [0.1, 0.15) is 12.8 Å². The maximum absolute atomic E-state index is 11.4. The van der Waals surface area contributed by atoms with Gasteiger partial charge in [-0.3, -0.25) is 4.79 Å². The van der Waals surface area contributed by atoms with Crippen molar-refractivity contribution < 1.29 is 49.0 Å². The van der Waals surface area contributed by atoms with Gasteiger partial charge in [-0.05, 0) is 12.8 Å². The Bertz CT molecular complexity index is 285. The predicted octanol–water partition coefficient (Wildman–Crippen LogP) is -3.84. The Morgan fingerprint density at radius 2 is 2.06 bits per heavy atom. The van der Waals surface area contributed by atoms with Gasteiger partial charge in [-0.25, -0.2) is 0 Å². The molecule has 0 aromatic carbocycles. The Morgan fingerprint density at radius 3 is 2.56 bits per heavy atom. The van der Waals surface area contributed by atoms with Crippen molar-refractivity contribution in [1.29, 1.82) is 0 Å². The summed E-state index contributed by atoms with van der Waals surface area (Å²) in [5, 5.41) is 13.0. The SMILES string of the molecule is O=C([O-])C1CCC(C(=O)NC/C=C/Cl)O1.[Na+]. The minimum atomic E-state index is -1.27. The molecule has 0 saturated carbocycles. The van der Waals surface area contributed by atoms with Gasteiger partial charge in [-0.2, -0.15) is 0 Å². The van der Waals surface area contributed by atoms with Crippen molar-refractivity contribution >= 4 is 23.5 Å². The normalized spacial score (nSPS) is 24.1. The zero-order chi connectivity index (χ0) is 11.3. The number of carbonyl (C=O) groups excluding carboxylic acids is 2. The molecule has 0 aromatic heterocycles. The minimum absolute atomic E-state index is 0. The van der Waals surface area contributed by atoms with Gasteiger partial charge in [0.2, 0.25) is 5.91 Å². The zero-order valence-corrected chi connectivity index (χ0v) is 11.7. The second-order valence-corrected chi connectivity index (χ2v) is 3.37. The molecule has 1 N–H and O–H groups in total. The van der Waals surface area contributed by atoms with Gasteiger partial charge in [0.05, 0.1) is 12.1 Å². The Balaban J connectivity index is 0.00000225. The van der Waals surface area contributed by atoms with E-state index in [1.807, 2.05) is 0 Å². The molecule has 7 heteroatoms. The van der Waals surface area contributed by atoms with Crippen molar-refractivity contribution in [3.63, 3.8) is 0 Å². The van der Waals surface area contributed by atoms with Crippen LogP contribution in [0.15, 0.2) is 11.6 Å². The van der Waals surface area contributed by atoms with Gasteiger partial charge in [0.1, 0.15) is 6.10 Å². The van der Waals surface area contributed by atoms with Crippen LogP contribution in [-0.2, 0) is 14.3 Å². The van der Waals surface area contributed by atoms with Gasteiger partial charge >= 0.3 is 29.6 Å². The largest absolute Gasteiger partial charge is 1.00 e. The summed E-state index contributed by atoms with van der Waals surface area (Å²) in [6.45, 7) is 0.304. The van der Waals surface area contributed by atoms with Crippen LogP contribution in [0, 0.1) is 0 Å². The number of ether oxygens (including phenoxy) is 1. The molecule has 1 amide bonds. The summed E-state index contributed by atoms with van der Waals surface area (Å²) in [6, 6.07) is 0. The number of carboxylic acids is 1.